The van der Waals surface area contributed by atoms with Crippen LogP contribution in [0.5, 0.6) is 0 Å². The molecule has 0 aliphatic carbocycles. The lowest BCUT2D eigenvalue weighted by Gasteiger charge is -2.07. The molecule has 0 radical (unpaired) electrons. The number of carbonyl (C=O) groups excluding carboxylic acids is 1. The lowest BCUT2D eigenvalue weighted by atomic mass is 10.1. The zero-order valence-electron chi connectivity index (χ0n) is 12.9. The molecule has 2 aromatic heterocycles. The molecule has 0 aliphatic heterocycles. The molecule has 0 unspecified atom stereocenters. The summed E-state index contributed by atoms with van der Waals surface area (Å²) in [5.41, 5.74) is 3.82. The molecule has 0 spiro atoms. The summed E-state index contributed by atoms with van der Waals surface area (Å²) < 4.78 is 0. The van der Waals surface area contributed by atoms with Crippen molar-refractivity contribution >= 4 is 22.9 Å². The van der Waals surface area contributed by atoms with E-state index in [9.17, 15) is 4.79 Å². The first-order valence-electron chi connectivity index (χ1n) is 7.30. The summed E-state index contributed by atoms with van der Waals surface area (Å²) in [6, 6.07) is 9.35. The van der Waals surface area contributed by atoms with Crippen molar-refractivity contribution in [1.29, 1.82) is 0 Å². The fraction of sp³-hybridized carbons (Fsp3) is 0.176. The Morgan fingerprint density at radius 1 is 1.26 bits per heavy atom. The van der Waals surface area contributed by atoms with Gasteiger partial charge in [-0.25, -0.2) is 15.0 Å². The average molecular weight is 324 g/mol. The maximum Gasteiger partial charge on any atom is 0.274 e. The molecule has 0 atom stereocenters. The Kier molecular flexibility index (Phi) is 4.43. The maximum absolute atomic E-state index is 12.3. The van der Waals surface area contributed by atoms with Gasteiger partial charge in [-0.15, -0.1) is 11.3 Å². The Morgan fingerprint density at radius 3 is 2.87 bits per heavy atom. The molecule has 0 fully saturated rings. The number of anilines is 1. The first-order valence-corrected chi connectivity index (χ1v) is 8.18. The minimum absolute atomic E-state index is 0.242. The number of amides is 1. The van der Waals surface area contributed by atoms with E-state index < -0.39 is 0 Å². The van der Waals surface area contributed by atoms with E-state index in [-0.39, 0.29) is 5.91 Å². The molecule has 6 heteroatoms. The summed E-state index contributed by atoms with van der Waals surface area (Å²) in [5, 5.41) is 5.90. The fourth-order valence-electron chi connectivity index (χ4n) is 2.16. The number of carbonyl (C=O) groups is 1. The van der Waals surface area contributed by atoms with E-state index in [1.807, 2.05) is 43.5 Å². The van der Waals surface area contributed by atoms with Gasteiger partial charge in [-0.05, 0) is 31.5 Å². The Labute approximate surface area is 138 Å². The van der Waals surface area contributed by atoms with E-state index in [0.717, 1.165) is 34.1 Å². The third-order valence-electron chi connectivity index (χ3n) is 3.35. The monoisotopic (exact) mass is 324 g/mol. The number of hydrogen-bond acceptors (Lipinski definition) is 5. The topological polar surface area (TPSA) is 67.8 Å². The highest BCUT2D eigenvalue weighted by atomic mass is 32.1. The number of nitrogens with one attached hydrogen (secondary N) is 1. The van der Waals surface area contributed by atoms with Crippen molar-refractivity contribution in [3.63, 3.8) is 0 Å². The second-order valence-corrected chi connectivity index (χ2v) is 6.10. The third-order valence-corrected chi connectivity index (χ3v) is 4.13. The van der Waals surface area contributed by atoms with E-state index >= 15 is 0 Å². The number of aryl methyl sites for hydroxylation is 2. The summed E-state index contributed by atoms with van der Waals surface area (Å²) in [4.78, 5) is 24.9. The molecule has 5 nitrogen and oxygen atoms in total. The van der Waals surface area contributed by atoms with Crippen molar-refractivity contribution in [3.8, 4) is 11.3 Å². The summed E-state index contributed by atoms with van der Waals surface area (Å²) in [7, 11) is 0. The van der Waals surface area contributed by atoms with E-state index in [1.165, 1.54) is 6.33 Å². The zero-order valence-corrected chi connectivity index (χ0v) is 13.7. The van der Waals surface area contributed by atoms with E-state index in [4.69, 9.17) is 0 Å². The fourth-order valence-corrected chi connectivity index (χ4v) is 2.78. The highest BCUT2D eigenvalue weighted by Gasteiger charge is 2.10. The van der Waals surface area contributed by atoms with Gasteiger partial charge in [0.05, 0.1) is 10.7 Å². The molecule has 0 saturated heterocycles. The Hall–Kier alpha value is -2.60. The van der Waals surface area contributed by atoms with Gasteiger partial charge in [0.2, 0.25) is 0 Å². The Morgan fingerprint density at radius 2 is 2.13 bits per heavy atom. The number of rotatable bonds is 4. The molecule has 1 N–H and O–H groups in total. The minimum Gasteiger partial charge on any atom is -0.321 e. The highest BCUT2D eigenvalue weighted by Crippen LogP contribution is 2.24. The van der Waals surface area contributed by atoms with Gasteiger partial charge in [0.15, 0.2) is 0 Å². The van der Waals surface area contributed by atoms with E-state index in [1.54, 1.807) is 17.4 Å². The molecule has 2 heterocycles. The van der Waals surface area contributed by atoms with Crippen LogP contribution in [-0.2, 0) is 6.42 Å². The van der Waals surface area contributed by atoms with Crippen molar-refractivity contribution < 1.29 is 4.79 Å². The zero-order chi connectivity index (χ0) is 16.2. The number of hydrogen-bond donors (Lipinski definition) is 1. The van der Waals surface area contributed by atoms with Gasteiger partial charge in [0, 0.05) is 22.3 Å². The summed E-state index contributed by atoms with van der Waals surface area (Å²) in [5.74, 6) is -0.242. The molecule has 116 valence electrons. The van der Waals surface area contributed by atoms with Crippen molar-refractivity contribution in [2.45, 2.75) is 20.3 Å². The van der Waals surface area contributed by atoms with Crippen molar-refractivity contribution in [3.05, 3.63) is 58.4 Å². The minimum atomic E-state index is -0.242. The van der Waals surface area contributed by atoms with Crippen molar-refractivity contribution in [2.75, 3.05) is 5.32 Å². The van der Waals surface area contributed by atoms with Crippen LogP contribution in [0, 0.1) is 6.92 Å². The van der Waals surface area contributed by atoms with Gasteiger partial charge >= 0.3 is 0 Å². The molecule has 1 aromatic carbocycles. The number of aromatic nitrogens is 3. The van der Waals surface area contributed by atoms with Crippen molar-refractivity contribution in [2.24, 2.45) is 0 Å². The van der Waals surface area contributed by atoms with Crippen LogP contribution in [0.4, 0.5) is 5.69 Å². The average Bonchev–Trinajstić information content (AvgIpc) is 3.02. The molecular weight excluding hydrogens is 308 g/mol. The molecule has 0 aliphatic rings. The van der Waals surface area contributed by atoms with Gasteiger partial charge in [-0.3, -0.25) is 4.79 Å². The van der Waals surface area contributed by atoms with E-state index in [0.29, 0.717) is 5.69 Å². The standard InChI is InChI=1S/C17H16N4OS/c1-3-13-8-15(19-10-18-13)17(22)21-14-6-4-5-12(7-14)16-9-23-11(2)20-16/h4-10H,3H2,1-2H3,(H,21,22). The van der Waals surface area contributed by atoms with Crippen LogP contribution in [-0.4, -0.2) is 20.9 Å². The summed E-state index contributed by atoms with van der Waals surface area (Å²) in [6.07, 6.45) is 2.18. The quantitative estimate of drug-likeness (QED) is 0.794. The molecule has 3 rings (SSSR count). The van der Waals surface area contributed by atoms with Crippen LogP contribution in [0.25, 0.3) is 11.3 Å². The molecule has 1 amide bonds. The number of thiazole rings is 1. The van der Waals surface area contributed by atoms with E-state index in [2.05, 4.69) is 20.3 Å². The molecule has 3 aromatic rings. The van der Waals surface area contributed by atoms with Gasteiger partial charge in [0.25, 0.3) is 5.91 Å². The lowest BCUT2D eigenvalue weighted by Crippen LogP contribution is -2.14. The largest absolute Gasteiger partial charge is 0.321 e. The van der Waals surface area contributed by atoms with Crippen LogP contribution >= 0.6 is 11.3 Å². The molecule has 0 bridgehead atoms. The Balaban J connectivity index is 1.81. The predicted octanol–water partition coefficient (Wildman–Crippen LogP) is 3.72. The lowest BCUT2D eigenvalue weighted by molar-refractivity contribution is 0.102. The van der Waals surface area contributed by atoms with Crippen LogP contribution in [0.1, 0.15) is 28.1 Å². The van der Waals surface area contributed by atoms with Crippen LogP contribution in [0.15, 0.2) is 42.0 Å². The first-order chi connectivity index (χ1) is 11.2. The smallest absolute Gasteiger partial charge is 0.274 e. The maximum atomic E-state index is 12.3. The normalized spacial score (nSPS) is 10.5. The summed E-state index contributed by atoms with van der Waals surface area (Å²) in [6.45, 7) is 3.96. The molecular formula is C17H16N4OS. The van der Waals surface area contributed by atoms with Gasteiger partial charge in [-0.2, -0.15) is 0 Å². The van der Waals surface area contributed by atoms with Crippen LogP contribution in [0.3, 0.4) is 0 Å². The third kappa shape index (κ3) is 3.60. The highest BCUT2D eigenvalue weighted by molar-refractivity contribution is 7.09. The molecule has 23 heavy (non-hydrogen) atoms. The van der Waals surface area contributed by atoms with Crippen LogP contribution in [0.2, 0.25) is 0 Å². The first kappa shape index (κ1) is 15.3. The number of benzene rings is 1. The SMILES string of the molecule is CCc1cc(C(=O)Nc2cccc(-c3csc(C)n3)c2)ncn1. The Bertz CT molecular complexity index is 844. The van der Waals surface area contributed by atoms with Crippen LogP contribution < -0.4 is 5.32 Å². The molecule has 0 saturated carbocycles. The van der Waals surface area contributed by atoms with Gasteiger partial charge in [0.1, 0.15) is 12.0 Å². The second kappa shape index (κ2) is 6.66. The van der Waals surface area contributed by atoms with Crippen molar-refractivity contribution in [1.82, 2.24) is 15.0 Å². The number of nitrogens with zero attached hydrogens (tertiary/aromatic N) is 3. The van der Waals surface area contributed by atoms with Gasteiger partial charge < -0.3 is 5.32 Å². The van der Waals surface area contributed by atoms with Gasteiger partial charge in [-0.1, -0.05) is 19.1 Å². The predicted molar refractivity (Wildman–Crippen MR) is 91.7 cm³/mol. The second-order valence-electron chi connectivity index (χ2n) is 5.03. The summed E-state index contributed by atoms with van der Waals surface area (Å²) >= 11 is 1.60.